The monoisotopic (exact) mass is 180 g/mol. The first kappa shape index (κ1) is 10.9. The quantitative estimate of drug-likeness (QED) is 0.630. The van der Waals surface area contributed by atoms with E-state index in [0.29, 0.717) is 12.8 Å². The van der Waals surface area contributed by atoms with Gasteiger partial charge < -0.3 is 5.11 Å². The van der Waals surface area contributed by atoms with E-state index < -0.39 is 9.84 Å². The zero-order valence-electron chi connectivity index (χ0n) is 7.08. The van der Waals surface area contributed by atoms with Crippen molar-refractivity contribution in [2.75, 3.05) is 12.0 Å². The second-order valence-electron chi connectivity index (χ2n) is 2.97. The van der Waals surface area contributed by atoms with Crippen LogP contribution in [0.1, 0.15) is 26.2 Å². The van der Waals surface area contributed by atoms with E-state index >= 15 is 0 Å². The van der Waals surface area contributed by atoms with Gasteiger partial charge in [0.15, 0.2) is 0 Å². The SMILES string of the molecule is CC(O)CCCCS(C)(=O)=O. The van der Waals surface area contributed by atoms with Crippen LogP contribution in [-0.4, -0.2) is 31.6 Å². The first-order valence-corrected chi connectivity index (χ1v) is 5.83. The van der Waals surface area contributed by atoms with E-state index in [1.165, 1.54) is 6.26 Å². The number of hydrogen-bond donors (Lipinski definition) is 1. The number of aliphatic hydroxyl groups excluding tert-OH is 1. The maximum Gasteiger partial charge on any atom is 0.147 e. The van der Waals surface area contributed by atoms with Crippen molar-refractivity contribution in [2.45, 2.75) is 32.3 Å². The van der Waals surface area contributed by atoms with Gasteiger partial charge in [0.2, 0.25) is 0 Å². The van der Waals surface area contributed by atoms with Crippen LogP contribution >= 0.6 is 0 Å². The molecule has 0 aliphatic carbocycles. The van der Waals surface area contributed by atoms with Crippen molar-refractivity contribution < 1.29 is 13.5 Å². The number of unbranched alkanes of at least 4 members (excludes halogenated alkanes) is 1. The van der Waals surface area contributed by atoms with E-state index in [2.05, 4.69) is 0 Å². The van der Waals surface area contributed by atoms with Crippen molar-refractivity contribution in [3.8, 4) is 0 Å². The fourth-order valence-electron chi connectivity index (χ4n) is 0.804. The Morgan fingerprint density at radius 1 is 1.36 bits per heavy atom. The molecule has 0 heterocycles. The number of sulfone groups is 1. The molecule has 68 valence electrons. The summed E-state index contributed by atoms with van der Waals surface area (Å²) in [6, 6.07) is 0. The highest BCUT2D eigenvalue weighted by molar-refractivity contribution is 7.90. The second-order valence-corrected chi connectivity index (χ2v) is 5.23. The summed E-state index contributed by atoms with van der Waals surface area (Å²) in [5, 5.41) is 8.83. The van der Waals surface area contributed by atoms with Crippen LogP contribution in [0.4, 0.5) is 0 Å². The van der Waals surface area contributed by atoms with Gasteiger partial charge >= 0.3 is 0 Å². The minimum Gasteiger partial charge on any atom is -0.393 e. The molecule has 4 heteroatoms. The summed E-state index contributed by atoms with van der Waals surface area (Å²) in [4.78, 5) is 0. The zero-order chi connectivity index (χ0) is 8.91. The summed E-state index contributed by atoms with van der Waals surface area (Å²) in [5.41, 5.74) is 0. The highest BCUT2D eigenvalue weighted by Gasteiger charge is 2.01. The number of hydrogen-bond acceptors (Lipinski definition) is 3. The molecule has 0 saturated carbocycles. The van der Waals surface area contributed by atoms with Gasteiger partial charge in [-0.1, -0.05) is 0 Å². The van der Waals surface area contributed by atoms with Crippen molar-refractivity contribution in [1.82, 2.24) is 0 Å². The van der Waals surface area contributed by atoms with Crippen LogP contribution in [0.2, 0.25) is 0 Å². The van der Waals surface area contributed by atoms with Crippen molar-refractivity contribution in [3.05, 3.63) is 0 Å². The van der Waals surface area contributed by atoms with Crippen LogP contribution in [0.5, 0.6) is 0 Å². The Labute approximate surface area is 68.3 Å². The van der Waals surface area contributed by atoms with Gasteiger partial charge in [-0.2, -0.15) is 0 Å². The van der Waals surface area contributed by atoms with Crippen LogP contribution in [0.25, 0.3) is 0 Å². The van der Waals surface area contributed by atoms with Crippen LogP contribution in [0.3, 0.4) is 0 Å². The van der Waals surface area contributed by atoms with Crippen LogP contribution in [-0.2, 0) is 9.84 Å². The summed E-state index contributed by atoms with van der Waals surface area (Å²) in [7, 11) is -2.80. The molecule has 1 N–H and O–H groups in total. The molecule has 0 aromatic heterocycles. The molecule has 0 aliphatic rings. The minimum atomic E-state index is -2.80. The highest BCUT2D eigenvalue weighted by Crippen LogP contribution is 2.01. The molecule has 0 bridgehead atoms. The molecular weight excluding hydrogens is 164 g/mol. The zero-order valence-corrected chi connectivity index (χ0v) is 7.89. The first-order chi connectivity index (χ1) is 4.92. The van der Waals surface area contributed by atoms with Gasteiger partial charge in [-0.25, -0.2) is 8.42 Å². The summed E-state index contributed by atoms with van der Waals surface area (Å²) < 4.78 is 21.2. The molecule has 0 aromatic rings. The molecule has 0 rings (SSSR count). The van der Waals surface area contributed by atoms with Crippen LogP contribution < -0.4 is 0 Å². The number of rotatable bonds is 5. The largest absolute Gasteiger partial charge is 0.393 e. The maximum atomic E-state index is 10.6. The Morgan fingerprint density at radius 2 is 1.91 bits per heavy atom. The molecule has 0 amide bonds. The Balaban J connectivity index is 3.30. The van der Waals surface area contributed by atoms with Gasteiger partial charge in [0.1, 0.15) is 9.84 Å². The Bertz CT molecular complexity index is 182. The molecule has 3 nitrogen and oxygen atoms in total. The van der Waals surface area contributed by atoms with Crippen molar-refractivity contribution >= 4 is 9.84 Å². The fraction of sp³-hybridized carbons (Fsp3) is 1.00. The molecule has 0 fully saturated rings. The van der Waals surface area contributed by atoms with Gasteiger partial charge in [0.05, 0.1) is 6.10 Å². The Kier molecular flexibility index (Phi) is 4.68. The molecular formula is C7H16O3S. The average molecular weight is 180 g/mol. The number of aliphatic hydroxyl groups is 1. The normalized spacial score (nSPS) is 14.8. The van der Waals surface area contributed by atoms with E-state index in [4.69, 9.17) is 5.11 Å². The van der Waals surface area contributed by atoms with E-state index in [0.717, 1.165) is 6.42 Å². The molecule has 0 aliphatic heterocycles. The van der Waals surface area contributed by atoms with E-state index in [-0.39, 0.29) is 11.9 Å². The van der Waals surface area contributed by atoms with Crippen molar-refractivity contribution in [1.29, 1.82) is 0 Å². The third kappa shape index (κ3) is 9.91. The summed E-state index contributed by atoms with van der Waals surface area (Å²) in [6.45, 7) is 1.71. The molecule has 0 spiro atoms. The molecule has 1 atom stereocenters. The predicted molar refractivity (Wildman–Crippen MR) is 45.2 cm³/mol. The topological polar surface area (TPSA) is 54.4 Å². The summed E-state index contributed by atoms with van der Waals surface area (Å²) in [6.07, 6.45) is 3.05. The molecule has 0 saturated heterocycles. The third-order valence-corrected chi connectivity index (χ3v) is 2.42. The predicted octanol–water partition coefficient (Wildman–Crippen LogP) is 0.582. The average Bonchev–Trinajstić information content (AvgIpc) is 1.78. The molecule has 0 radical (unpaired) electrons. The standard InChI is InChI=1S/C7H16O3S/c1-7(8)5-3-4-6-11(2,9)10/h7-8H,3-6H2,1-2H3. The maximum absolute atomic E-state index is 10.6. The highest BCUT2D eigenvalue weighted by atomic mass is 32.2. The van der Waals surface area contributed by atoms with Gasteiger partial charge in [-0.3, -0.25) is 0 Å². The van der Waals surface area contributed by atoms with E-state index in [9.17, 15) is 8.42 Å². The van der Waals surface area contributed by atoms with Crippen molar-refractivity contribution in [2.24, 2.45) is 0 Å². The molecule has 11 heavy (non-hydrogen) atoms. The van der Waals surface area contributed by atoms with Gasteiger partial charge in [0.25, 0.3) is 0 Å². The van der Waals surface area contributed by atoms with Crippen molar-refractivity contribution in [3.63, 3.8) is 0 Å². The van der Waals surface area contributed by atoms with Crippen LogP contribution in [0, 0.1) is 0 Å². The lowest BCUT2D eigenvalue weighted by Crippen LogP contribution is -2.05. The minimum absolute atomic E-state index is 0.236. The van der Waals surface area contributed by atoms with Gasteiger partial charge in [-0.15, -0.1) is 0 Å². The van der Waals surface area contributed by atoms with Gasteiger partial charge in [-0.05, 0) is 26.2 Å². The lowest BCUT2D eigenvalue weighted by atomic mass is 10.2. The molecule has 0 aromatic carbocycles. The summed E-state index contributed by atoms with van der Waals surface area (Å²) >= 11 is 0. The first-order valence-electron chi connectivity index (χ1n) is 3.77. The lowest BCUT2D eigenvalue weighted by Gasteiger charge is -2.01. The smallest absolute Gasteiger partial charge is 0.147 e. The van der Waals surface area contributed by atoms with E-state index in [1.54, 1.807) is 6.92 Å². The Hall–Kier alpha value is -0.0900. The molecule has 1 unspecified atom stereocenters. The lowest BCUT2D eigenvalue weighted by molar-refractivity contribution is 0.181. The van der Waals surface area contributed by atoms with Gasteiger partial charge in [0, 0.05) is 12.0 Å². The van der Waals surface area contributed by atoms with E-state index in [1.807, 2.05) is 0 Å². The summed E-state index contributed by atoms with van der Waals surface area (Å²) in [5.74, 6) is 0.236. The third-order valence-electron chi connectivity index (χ3n) is 1.39. The Morgan fingerprint density at radius 3 is 2.27 bits per heavy atom. The second kappa shape index (κ2) is 4.72. The fourth-order valence-corrected chi connectivity index (χ4v) is 1.53. The van der Waals surface area contributed by atoms with Crippen LogP contribution in [0.15, 0.2) is 0 Å².